The number of hydrogen-bond donors (Lipinski definition) is 1. The third-order valence-electron chi connectivity index (χ3n) is 2.15. The number of nitrogens with two attached hydrogens (primary N) is 1. The van der Waals surface area contributed by atoms with Gasteiger partial charge in [-0.05, 0) is 18.6 Å². The lowest BCUT2D eigenvalue weighted by molar-refractivity contribution is 0.616. The Balaban J connectivity index is 2.36. The van der Waals surface area contributed by atoms with Crippen LogP contribution in [-0.2, 0) is 0 Å². The molecule has 2 aromatic heterocycles. The number of thiazole rings is 1. The first-order valence-electron chi connectivity index (χ1n) is 4.44. The Hall–Kier alpha value is -1.33. The summed E-state index contributed by atoms with van der Waals surface area (Å²) < 4.78 is 12.9. The van der Waals surface area contributed by atoms with Crippen molar-refractivity contribution in [2.45, 2.75) is 13.0 Å². The average Bonchev–Trinajstić information content (AvgIpc) is 2.63. The topological polar surface area (TPSA) is 51.8 Å². The van der Waals surface area contributed by atoms with E-state index < -0.39 is 0 Å². The average molecular weight is 223 g/mol. The summed E-state index contributed by atoms with van der Waals surface area (Å²) >= 11 is 1.47. The largest absolute Gasteiger partial charge is 0.320 e. The van der Waals surface area contributed by atoms with Gasteiger partial charge >= 0.3 is 0 Å². The lowest BCUT2D eigenvalue weighted by Gasteiger charge is -2.09. The lowest BCUT2D eigenvalue weighted by atomic mass is 10.1. The molecule has 5 heteroatoms. The minimum absolute atomic E-state index is 0.347. The maximum atomic E-state index is 12.9. The van der Waals surface area contributed by atoms with Crippen molar-refractivity contribution >= 4 is 11.3 Å². The zero-order valence-electron chi connectivity index (χ0n) is 8.14. The van der Waals surface area contributed by atoms with Gasteiger partial charge in [0.25, 0.3) is 0 Å². The van der Waals surface area contributed by atoms with Crippen LogP contribution in [0.3, 0.4) is 0 Å². The molecular weight excluding hydrogens is 213 g/mol. The van der Waals surface area contributed by atoms with Crippen LogP contribution < -0.4 is 5.73 Å². The highest BCUT2D eigenvalue weighted by molar-refractivity contribution is 7.09. The molecule has 15 heavy (non-hydrogen) atoms. The smallest absolute Gasteiger partial charge is 0.141 e. The van der Waals surface area contributed by atoms with Crippen LogP contribution in [0.25, 0.3) is 0 Å². The van der Waals surface area contributed by atoms with Gasteiger partial charge in [0, 0.05) is 11.1 Å². The van der Waals surface area contributed by atoms with E-state index in [1.165, 1.54) is 17.4 Å². The van der Waals surface area contributed by atoms with E-state index in [-0.39, 0.29) is 11.9 Å². The molecule has 0 aliphatic carbocycles. The second kappa shape index (κ2) is 4.04. The van der Waals surface area contributed by atoms with Crippen molar-refractivity contribution in [2.75, 3.05) is 0 Å². The summed E-state index contributed by atoms with van der Waals surface area (Å²) in [6.07, 6.45) is 2.74. The molecule has 78 valence electrons. The first-order valence-corrected chi connectivity index (χ1v) is 5.32. The van der Waals surface area contributed by atoms with Crippen molar-refractivity contribution in [3.8, 4) is 0 Å². The van der Waals surface area contributed by atoms with E-state index >= 15 is 0 Å². The first-order chi connectivity index (χ1) is 7.18. The molecule has 2 aromatic rings. The molecule has 0 amide bonds. The van der Waals surface area contributed by atoms with E-state index in [1.807, 2.05) is 6.92 Å². The molecule has 0 saturated carbocycles. The summed E-state index contributed by atoms with van der Waals surface area (Å²) in [6.45, 7) is 1.89. The van der Waals surface area contributed by atoms with Crippen LogP contribution in [0.15, 0.2) is 24.0 Å². The van der Waals surface area contributed by atoms with Crippen LogP contribution in [0.2, 0.25) is 0 Å². The van der Waals surface area contributed by atoms with Gasteiger partial charge < -0.3 is 5.73 Å². The van der Waals surface area contributed by atoms with Gasteiger partial charge in [0.1, 0.15) is 5.82 Å². The molecule has 2 N–H and O–H groups in total. The fourth-order valence-corrected chi connectivity index (χ4v) is 2.19. The monoisotopic (exact) mass is 223 g/mol. The van der Waals surface area contributed by atoms with Crippen LogP contribution in [0.4, 0.5) is 4.39 Å². The van der Waals surface area contributed by atoms with E-state index in [2.05, 4.69) is 9.97 Å². The van der Waals surface area contributed by atoms with Crippen molar-refractivity contribution in [2.24, 2.45) is 5.73 Å². The Bertz CT molecular complexity index is 469. The molecule has 0 aromatic carbocycles. The fourth-order valence-electron chi connectivity index (χ4n) is 1.36. The van der Waals surface area contributed by atoms with Crippen LogP contribution in [0.1, 0.15) is 22.2 Å². The Morgan fingerprint density at radius 3 is 2.87 bits per heavy atom. The molecule has 1 atom stereocenters. The second-order valence-electron chi connectivity index (χ2n) is 3.22. The highest BCUT2D eigenvalue weighted by Crippen LogP contribution is 2.25. The minimum Gasteiger partial charge on any atom is -0.320 e. The van der Waals surface area contributed by atoms with E-state index in [4.69, 9.17) is 5.73 Å². The van der Waals surface area contributed by atoms with Crippen molar-refractivity contribution in [3.05, 3.63) is 45.9 Å². The minimum atomic E-state index is -0.370. The summed E-state index contributed by atoms with van der Waals surface area (Å²) in [5.74, 6) is -0.370. The molecule has 0 spiro atoms. The number of nitrogens with zero attached hydrogens (tertiary/aromatic N) is 2. The van der Waals surface area contributed by atoms with Crippen molar-refractivity contribution < 1.29 is 4.39 Å². The lowest BCUT2D eigenvalue weighted by Crippen LogP contribution is -2.12. The van der Waals surface area contributed by atoms with Gasteiger partial charge in [-0.2, -0.15) is 0 Å². The third kappa shape index (κ3) is 2.03. The molecule has 0 saturated heterocycles. The summed E-state index contributed by atoms with van der Waals surface area (Å²) in [5, 5.41) is 0. The predicted octanol–water partition coefficient (Wildman–Crippen LogP) is 2.03. The molecule has 2 heterocycles. The van der Waals surface area contributed by atoms with E-state index in [0.29, 0.717) is 5.56 Å². The van der Waals surface area contributed by atoms with Gasteiger partial charge in [0.15, 0.2) is 0 Å². The SMILES string of the molecule is Cc1ncsc1C(N)c1cncc(F)c1. The Kier molecular flexibility index (Phi) is 2.75. The van der Waals surface area contributed by atoms with Crippen molar-refractivity contribution in [1.82, 2.24) is 9.97 Å². The standard InChI is InChI=1S/C10H10FN3S/c1-6-10(15-5-14-6)9(12)7-2-8(11)4-13-3-7/h2-5,9H,12H2,1H3. The summed E-state index contributed by atoms with van der Waals surface area (Å²) in [5.41, 5.74) is 9.28. The molecular formula is C10H10FN3S. The summed E-state index contributed by atoms with van der Waals surface area (Å²) in [7, 11) is 0. The number of hydrogen-bond acceptors (Lipinski definition) is 4. The Morgan fingerprint density at radius 2 is 2.27 bits per heavy atom. The van der Waals surface area contributed by atoms with E-state index in [9.17, 15) is 4.39 Å². The highest BCUT2D eigenvalue weighted by Gasteiger charge is 2.14. The number of halogens is 1. The normalized spacial score (nSPS) is 12.7. The molecule has 3 nitrogen and oxygen atoms in total. The molecule has 0 aliphatic heterocycles. The molecule has 0 fully saturated rings. The van der Waals surface area contributed by atoms with Crippen LogP contribution in [-0.4, -0.2) is 9.97 Å². The first kappa shape index (κ1) is 10.2. The number of rotatable bonds is 2. The zero-order valence-corrected chi connectivity index (χ0v) is 8.96. The summed E-state index contributed by atoms with van der Waals surface area (Å²) in [6, 6.07) is 1.05. The van der Waals surface area contributed by atoms with Crippen LogP contribution >= 0.6 is 11.3 Å². The van der Waals surface area contributed by atoms with Gasteiger partial charge in [0.05, 0.1) is 23.4 Å². The van der Waals surface area contributed by atoms with Gasteiger partial charge in [-0.1, -0.05) is 0 Å². The maximum absolute atomic E-state index is 12.9. The molecule has 0 radical (unpaired) electrons. The van der Waals surface area contributed by atoms with Gasteiger partial charge in [0.2, 0.25) is 0 Å². The van der Waals surface area contributed by atoms with Crippen LogP contribution in [0.5, 0.6) is 0 Å². The highest BCUT2D eigenvalue weighted by atomic mass is 32.1. The maximum Gasteiger partial charge on any atom is 0.141 e. The number of aryl methyl sites for hydroxylation is 1. The zero-order chi connectivity index (χ0) is 10.8. The molecule has 0 aliphatic rings. The Morgan fingerprint density at radius 1 is 1.47 bits per heavy atom. The molecule has 0 bridgehead atoms. The van der Waals surface area contributed by atoms with Gasteiger partial charge in [-0.15, -0.1) is 11.3 Å². The fraction of sp³-hybridized carbons (Fsp3) is 0.200. The molecule has 1 unspecified atom stereocenters. The quantitative estimate of drug-likeness (QED) is 0.847. The van der Waals surface area contributed by atoms with E-state index in [0.717, 1.165) is 16.8 Å². The van der Waals surface area contributed by atoms with Gasteiger partial charge in [-0.25, -0.2) is 9.37 Å². The Labute approximate surface area is 90.8 Å². The predicted molar refractivity (Wildman–Crippen MR) is 57.1 cm³/mol. The molecule has 2 rings (SSSR count). The second-order valence-corrected chi connectivity index (χ2v) is 4.10. The van der Waals surface area contributed by atoms with Crippen molar-refractivity contribution in [1.29, 1.82) is 0 Å². The number of aromatic nitrogens is 2. The van der Waals surface area contributed by atoms with E-state index in [1.54, 1.807) is 11.7 Å². The number of pyridine rings is 1. The summed E-state index contributed by atoms with van der Waals surface area (Å²) in [4.78, 5) is 8.83. The van der Waals surface area contributed by atoms with Gasteiger partial charge in [-0.3, -0.25) is 4.98 Å². The van der Waals surface area contributed by atoms with Crippen molar-refractivity contribution in [3.63, 3.8) is 0 Å². The van der Waals surface area contributed by atoms with Crippen LogP contribution in [0, 0.1) is 12.7 Å². The third-order valence-corrected chi connectivity index (χ3v) is 3.16.